The summed E-state index contributed by atoms with van der Waals surface area (Å²) < 4.78 is 2.63. The van der Waals surface area contributed by atoms with Gasteiger partial charge >= 0.3 is 0 Å². The molecule has 8 nitrogen and oxygen atoms in total. The maximum absolute atomic E-state index is 12.5. The van der Waals surface area contributed by atoms with Crippen molar-refractivity contribution >= 4 is 34.1 Å². The molecule has 9 heteroatoms. The molecule has 0 spiro atoms. The van der Waals surface area contributed by atoms with Crippen LogP contribution in [-0.2, 0) is 11.3 Å². The van der Waals surface area contributed by atoms with Gasteiger partial charge in [-0.05, 0) is 36.4 Å². The summed E-state index contributed by atoms with van der Waals surface area (Å²) in [5, 5.41) is 15.6. The van der Waals surface area contributed by atoms with Crippen LogP contribution in [0.3, 0.4) is 0 Å². The molecule has 1 amide bonds. The zero-order valence-corrected chi connectivity index (χ0v) is 14.7. The second-order valence-corrected chi connectivity index (χ2v) is 6.17. The van der Waals surface area contributed by atoms with Crippen molar-refractivity contribution < 1.29 is 4.79 Å². The molecule has 0 atom stereocenters. The molecule has 0 radical (unpaired) electrons. The Balaban J connectivity index is 1.62. The van der Waals surface area contributed by atoms with Crippen LogP contribution in [0.4, 0.5) is 5.69 Å². The molecule has 4 aromatic rings. The average molecular weight is 381 g/mol. The quantitative estimate of drug-likeness (QED) is 0.586. The van der Waals surface area contributed by atoms with Crippen molar-refractivity contribution in [3.63, 3.8) is 0 Å². The number of hydrogen-bond acceptors (Lipinski definition) is 5. The van der Waals surface area contributed by atoms with Gasteiger partial charge in [0.05, 0.1) is 16.8 Å². The minimum atomic E-state index is -0.433. The highest BCUT2D eigenvalue weighted by Gasteiger charge is 2.13. The van der Waals surface area contributed by atoms with Crippen LogP contribution in [-0.4, -0.2) is 30.7 Å². The fraction of sp³-hybridized carbons (Fsp3) is 0.0556. The Labute approximate surface area is 158 Å². The van der Waals surface area contributed by atoms with Crippen molar-refractivity contribution in [3.05, 3.63) is 76.3 Å². The standard InChI is InChI=1S/C18H13ClN6O2/c19-12-6-7-16(24-9-3-8-20-24)15(10-12)21-17(26)11-25-18(27)13-4-1-2-5-14(13)22-23-25/h1-10H,11H2,(H,21,26). The predicted octanol–water partition coefficient (Wildman–Crippen LogP) is 2.27. The molecule has 27 heavy (non-hydrogen) atoms. The molecule has 134 valence electrons. The Bertz CT molecular complexity index is 1190. The van der Waals surface area contributed by atoms with Gasteiger partial charge in [0.2, 0.25) is 5.91 Å². The lowest BCUT2D eigenvalue weighted by Crippen LogP contribution is -2.30. The number of rotatable bonds is 4. The summed E-state index contributed by atoms with van der Waals surface area (Å²) in [6, 6.07) is 13.7. The van der Waals surface area contributed by atoms with E-state index in [-0.39, 0.29) is 12.1 Å². The fourth-order valence-electron chi connectivity index (χ4n) is 2.67. The first-order chi connectivity index (χ1) is 13.1. The van der Waals surface area contributed by atoms with Gasteiger partial charge in [-0.2, -0.15) is 5.10 Å². The van der Waals surface area contributed by atoms with E-state index >= 15 is 0 Å². The van der Waals surface area contributed by atoms with Gasteiger partial charge in [-0.1, -0.05) is 28.9 Å². The van der Waals surface area contributed by atoms with Crippen LogP contribution in [0.25, 0.3) is 16.6 Å². The van der Waals surface area contributed by atoms with Crippen molar-refractivity contribution in [2.24, 2.45) is 0 Å². The molecule has 0 saturated heterocycles. The number of nitrogens with one attached hydrogen (secondary N) is 1. The molecular formula is C18H13ClN6O2. The van der Waals surface area contributed by atoms with Gasteiger partial charge in [-0.25, -0.2) is 9.36 Å². The van der Waals surface area contributed by atoms with E-state index < -0.39 is 5.91 Å². The first kappa shape index (κ1) is 16.9. The van der Waals surface area contributed by atoms with Crippen molar-refractivity contribution in [2.45, 2.75) is 6.54 Å². The second kappa shape index (κ2) is 7.00. The molecule has 0 saturated carbocycles. The fourth-order valence-corrected chi connectivity index (χ4v) is 2.84. The van der Waals surface area contributed by atoms with Gasteiger partial charge in [-0.3, -0.25) is 9.59 Å². The molecule has 0 aliphatic rings. The van der Waals surface area contributed by atoms with E-state index in [1.165, 1.54) is 0 Å². The van der Waals surface area contributed by atoms with Crippen molar-refractivity contribution in [1.82, 2.24) is 24.8 Å². The van der Waals surface area contributed by atoms with E-state index in [1.807, 2.05) is 0 Å². The van der Waals surface area contributed by atoms with E-state index in [4.69, 9.17) is 11.6 Å². The van der Waals surface area contributed by atoms with E-state index in [0.29, 0.717) is 27.3 Å². The minimum Gasteiger partial charge on any atom is -0.323 e. The lowest BCUT2D eigenvalue weighted by molar-refractivity contribution is -0.117. The summed E-state index contributed by atoms with van der Waals surface area (Å²) in [6.45, 7) is -0.276. The monoisotopic (exact) mass is 380 g/mol. The molecule has 0 bridgehead atoms. The summed E-state index contributed by atoms with van der Waals surface area (Å²) in [7, 11) is 0. The molecule has 0 aliphatic carbocycles. The molecular weight excluding hydrogens is 368 g/mol. The third-order valence-electron chi connectivity index (χ3n) is 3.91. The van der Waals surface area contributed by atoms with E-state index in [9.17, 15) is 9.59 Å². The van der Waals surface area contributed by atoms with E-state index in [2.05, 4.69) is 20.7 Å². The number of carbonyl (C=O) groups is 1. The number of benzene rings is 2. The van der Waals surface area contributed by atoms with Crippen molar-refractivity contribution in [3.8, 4) is 5.69 Å². The summed E-state index contributed by atoms with van der Waals surface area (Å²) >= 11 is 6.05. The zero-order chi connectivity index (χ0) is 18.8. The van der Waals surface area contributed by atoms with Gasteiger partial charge in [0.1, 0.15) is 12.1 Å². The first-order valence-corrected chi connectivity index (χ1v) is 8.41. The Morgan fingerprint density at radius 2 is 2.00 bits per heavy atom. The minimum absolute atomic E-state index is 0.276. The van der Waals surface area contributed by atoms with Crippen LogP contribution >= 0.6 is 11.6 Å². The highest BCUT2D eigenvalue weighted by atomic mass is 35.5. The maximum Gasteiger partial charge on any atom is 0.278 e. The largest absolute Gasteiger partial charge is 0.323 e. The van der Waals surface area contributed by atoms with Gasteiger partial charge < -0.3 is 5.32 Å². The molecule has 0 aliphatic heterocycles. The summed E-state index contributed by atoms with van der Waals surface area (Å²) in [5.74, 6) is -0.433. The molecule has 0 fully saturated rings. The van der Waals surface area contributed by atoms with Gasteiger partial charge in [0, 0.05) is 17.4 Å². The second-order valence-electron chi connectivity index (χ2n) is 5.73. The molecule has 4 rings (SSSR count). The number of fused-ring (bicyclic) bond motifs is 1. The van der Waals surface area contributed by atoms with Crippen LogP contribution in [0.2, 0.25) is 5.02 Å². The Morgan fingerprint density at radius 1 is 1.15 bits per heavy atom. The number of nitrogens with zero attached hydrogens (tertiary/aromatic N) is 5. The van der Waals surface area contributed by atoms with Gasteiger partial charge in [0.25, 0.3) is 5.56 Å². The number of halogens is 1. The van der Waals surface area contributed by atoms with E-state index in [1.54, 1.807) is 65.6 Å². The topological polar surface area (TPSA) is 94.7 Å². The molecule has 0 unspecified atom stereocenters. The molecule has 2 heterocycles. The van der Waals surface area contributed by atoms with Crippen LogP contribution in [0.1, 0.15) is 0 Å². The third-order valence-corrected chi connectivity index (χ3v) is 4.14. The van der Waals surface area contributed by atoms with Crippen LogP contribution < -0.4 is 10.9 Å². The van der Waals surface area contributed by atoms with Crippen LogP contribution in [0.15, 0.2) is 65.7 Å². The smallest absolute Gasteiger partial charge is 0.278 e. The van der Waals surface area contributed by atoms with Crippen LogP contribution in [0, 0.1) is 0 Å². The Morgan fingerprint density at radius 3 is 2.81 bits per heavy atom. The van der Waals surface area contributed by atoms with Crippen LogP contribution in [0.5, 0.6) is 0 Å². The van der Waals surface area contributed by atoms with Gasteiger partial charge in [-0.15, -0.1) is 5.10 Å². The Kier molecular flexibility index (Phi) is 4.39. The summed E-state index contributed by atoms with van der Waals surface area (Å²) in [6.07, 6.45) is 3.38. The molecule has 2 aromatic heterocycles. The maximum atomic E-state index is 12.5. The predicted molar refractivity (Wildman–Crippen MR) is 101 cm³/mol. The van der Waals surface area contributed by atoms with Gasteiger partial charge in [0.15, 0.2) is 0 Å². The van der Waals surface area contributed by atoms with Crippen molar-refractivity contribution in [2.75, 3.05) is 5.32 Å². The highest BCUT2D eigenvalue weighted by molar-refractivity contribution is 6.31. The average Bonchev–Trinajstić information content (AvgIpc) is 3.19. The highest BCUT2D eigenvalue weighted by Crippen LogP contribution is 2.24. The molecule has 1 N–H and O–H groups in total. The normalized spacial score (nSPS) is 10.9. The lowest BCUT2D eigenvalue weighted by Gasteiger charge is -2.12. The van der Waals surface area contributed by atoms with Crippen molar-refractivity contribution in [1.29, 1.82) is 0 Å². The number of carbonyl (C=O) groups excluding carboxylic acids is 1. The van der Waals surface area contributed by atoms with E-state index in [0.717, 1.165) is 4.68 Å². The molecule has 2 aromatic carbocycles. The summed E-state index contributed by atoms with van der Waals surface area (Å²) in [5.41, 5.74) is 1.22. The zero-order valence-electron chi connectivity index (χ0n) is 13.9. The number of hydrogen-bond donors (Lipinski definition) is 1. The number of aromatic nitrogens is 5. The number of anilines is 1. The first-order valence-electron chi connectivity index (χ1n) is 8.04. The summed E-state index contributed by atoms with van der Waals surface area (Å²) in [4.78, 5) is 25.0. The number of amides is 1. The SMILES string of the molecule is O=C(Cn1nnc2ccccc2c1=O)Nc1cc(Cl)ccc1-n1cccn1. The lowest BCUT2D eigenvalue weighted by atomic mass is 10.2. The third kappa shape index (κ3) is 3.42. The Hall–Kier alpha value is -3.52.